The van der Waals surface area contributed by atoms with Crippen LogP contribution < -0.4 is 5.32 Å². The molecular weight excluding hydrogens is 534 g/mol. The van der Waals surface area contributed by atoms with Crippen molar-refractivity contribution in [3.63, 3.8) is 0 Å². The van der Waals surface area contributed by atoms with Crippen LogP contribution >= 0.6 is 0 Å². The Morgan fingerprint density at radius 2 is 1.49 bits per heavy atom. The normalized spacial score (nSPS) is 14.5. The maximum Gasteiger partial charge on any atom is 0.247 e. The molecule has 4 rings (SSSR count). The van der Waals surface area contributed by atoms with Crippen LogP contribution in [0.15, 0.2) is 89.8 Å². The first-order chi connectivity index (χ1) is 19.9. The highest BCUT2D eigenvalue weighted by molar-refractivity contribution is 7.89. The number of unbranched alkanes of at least 4 members (excludes halogenated alkanes) is 2. The summed E-state index contributed by atoms with van der Waals surface area (Å²) in [7, 11) is -3.48. The third-order valence-corrected chi connectivity index (χ3v) is 9.44. The molecule has 1 heterocycles. The van der Waals surface area contributed by atoms with Gasteiger partial charge in [0.05, 0.1) is 4.90 Å². The number of nitrogens with one attached hydrogen (secondary N) is 1. The lowest BCUT2D eigenvalue weighted by atomic mass is 10.0. The van der Waals surface area contributed by atoms with Gasteiger partial charge in [0.2, 0.25) is 21.8 Å². The van der Waals surface area contributed by atoms with Gasteiger partial charge >= 0.3 is 0 Å². The molecule has 0 radical (unpaired) electrons. The van der Waals surface area contributed by atoms with Crippen molar-refractivity contribution < 1.29 is 18.0 Å². The van der Waals surface area contributed by atoms with Gasteiger partial charge in [-0.1, -0.05) is 92.6 Å². The van der Waals surface area contributed by atoms with E-state index in [-0.39, 0.29) is 23.1 Å². The second kappa shape index (κ2) is 14.9. The average Bonchev–Trinajstić information content (AvgIpc) is 3.55. The monoisotopic (exact) mass is 575 g/mol. The van der Waals surface area contributed by atoms with Crippen molar-refractivity contribution in [2.75, 3.05) is 19.6 Å². The Morgan fingerprint density at radius 3 is 2.12 bits per heavy atom. The highest BCUT2D eigenvalue weighted by Gasteiger charge is 2.31. The van der Waals surface area contributed by atoms with Crippen LogP contribution in [0.2, 0.25) is 0 Å². The average molecular weight is 576 g/mol. The van der Waals surface area contributed by atoms with Crippen LogP contribution in [-0.2, 0) is 32.6 Å². The SMILES string of the molecule is CCCCCNC(=O)[C@H](c1ccccc1)N(Cc1ccccc1)C(=O)CCc1ccc(S(=O)(=O)N2CCCC2)cc1. The van der Waals surface area contributed by atoms with Crippen LogP contribution in [0.3, 0.4) is 0 Å². The molecule has 1 aliphatic rings. The van der Waals surface area contributed by atoms with Crippen LogP contribution in [0.5, 0.6) is 0 Å². The molecule has 1 saturated heterocycles. The molecule has 1 fully saturated rings. The molecule has 0 aromatic heterocycles. The molecule has 3 aromatic carbocycles. The first kappa shape index (κ1) is 30.5. The minimum atomic E-state index is -3.48. The lowest BCUT2D eigenvalue weighted by Gasteiger charge is -2.32. The maximum atomic E-state index is 13.9. The highest BCUT2D eigenvalue weighted by Crippen LogP contribution is 2.26. The molecule has 41 heavy (non-hydrogen) atoms. The lowest BCUT2D eigenvalue weighted by molar-refractivity contribution is -0.141. The molecule has 1 atom stereocenters. The summed E-state index contributed by atoms with van der Waals surface area (Å²) in [5.74, 6) is -0.326. The smallest absolute Gasteiger partial charge is 0.247 e. The number of hydrogen-bond donors (Lipinski definition) is 1. The fourth-order valence-electron chi connectivity index (χ4n) is 5.20. The predicted molar refractivity (Wildman–Crippen MR) is 161 cm³/mol. The fraction of sp³-hybridized carbons (Fsp3) is 0.394. The predicted octanol–water partition coefficient (Wildman–Crippen LogP) is 5.48. The highest BCUT2D eigenvalue weighted by atomic mass is 32.2. The quantitative estimate of drug-likeness (QED) is 0.258. The van der Waals surface area contributed by atoms with E-state index in [1.807, 2.05) is 60.7 Å². The molecule has 0 unspecified atom stereocenters. The van der Waals surface area contributed by atoms with Crippen molar-refractivity contribution in [3.8, 4) is 0 Å². The van der Waals surface area contributed by atoms with Crippen molar-refractivity contribution in [2.45, 2.75) is 69.4 Å². The van der Waals surface area contributed by atoms with E-state index in [0.717, 1.165) is 48.8 Å². The molecular formula is C33H41N3O4S. The molecule has 1 N–H and O–H groups in total. The molecule has 2 amide bonds. The molecule has 8 heteroatoms. The van der Waals surface area contributed by atoms with E-state index in [1.54, 1.807) is 29.2 Å². The number of hydrogen-bond acceptors (Lipinski definition) is 4. The summed E-state index contributed by atoms with van der Waals surface area (Å²) in [6.45, 7) is 4.11. The third-order valence-electron chi connectivity index (χ3n) is 7.52. The molecule has 3 aromatic rings. The Hall–Kier alpha value is -3.49. The van der Waals surface area contributed by atoms with Crippen molar-refractivity contribution in [1.82, 2.24) is 14.5 Å². The van der Waals surface area contributed by atoms with E-state index in [1.165, 1.54) is 4.31 Å². The molecule has 7 nitrogen and oxygen atoms in total. The van der Waals surface area contributed by atoms with Gasteiger partial charge in [0.15, 0.2) is 0 Å². The molecule has 1 aliphatic heterocycles. The number of rotatable bonds is 14. The number of benzene rings is 3. The zero-order chi connectivity index (χ0) is 29.1. The van der Waals surface area contributed by atoms with Crippen molar-refractivity contribution >= 4 is 21.8 Å². The van der Waals surface area contributed by atoms with E-state index >= 15 is 0 Å². The van der Waals surface area contributed by atoms with Gasteiger partial charge in [-0.05, 0) is 54.5 Å². The Morgan fingerprint density at radius 1 is 0.854 bits per heavy atom. The molecule has 0 spiro atoms. The standard InChI is InChI=1S/C33H41N3O4S/c1-2-3-10-23-34-33(38)32(29-15-8-5-9-16-29)36(26-28-13-6-4-7-14-28)31(37)22-19-27-17-20-30(21-18-27)41(39,40)35-24-11-12-25-35/h4-9,13-18,20-21,32H,2-3,10-12,19,22-26H2,1H3,(H,34,38)/t32-/m0/s1. The largest absolute Gasteiger partial charge is 0.354 e. The van der Waals surface area contributed by atoms with Crippen molar-refractivity contribution in [3.05, 3.63) is 102 Å². The van der Waals surface area contributed by atoms with Crippen LogP contribution in [-0.4, -0.2) is 49.1 Å². The molecule has 0 bridgehead atoms. The van der Waals surface area contributed by atoms with Gasteiger partial charge in [-0.2, -0.15) is 4.31 Å². The van der Waals surface area contributed by atoms with Gasteiger partial charge in [-0.3, -0.25) is 9.59 Å². The Kier molecular flexibility index (Phi) is 11.1. The number of carbonyl (C=O) groups is 2. The van der Waals surface area contributed by atoms with Crippen molar-refractivity contribution in [2.24, 2.45) is 0 Å². The Labute approximate surface area is 244 Å². The van der Waals surface area contributed by atoms with E-state index in [2.05, 4.69) is 12.2 Å². The summed E-state index contributed by atoms with van der Waals surface area (Å²) >= 11 is 0. The minimum Gasteiger partial charge on any atom is -0.354 e. The van der Waals surface area contributed by atoms with Crippen LogP contribution in [0.1, 0.15) is 68.2 Å². The first-order valence-electron chi connectivity index (χ1n) is 14.7. The van der Waals surface area contributed by atoms with Gasteiger partial charge in [-0.25, -0.2) is 8.42 Å². The van der Waals surface area contributed by atoms with Crippen LogP contribution in [0.25, 0.3) is 0 Å². The number of amides is 2. The van der Waals surface area contributed by atoms with E-state index in [0.29, 0.717) is 32.6 Å². The zero-order valence-corrected chi connectivity index (χ0v) is 24.7. The number of aryl methyl sites for hydroxylation is 1. The summed E-state index contributed by atoms with van der Waals surface area (Å²) in [4.78, 5) is 29.4. The first-order valence-corrected chi connectivity index (χ1v) is 16.1. The maximum absolute atomic E-state index is 13.9. The summed E-state index contributed by atoms with van der Waals surface area (Å²) in [5, 5.41) is 3.06. The Balaban J connectivity index is 1.53. The van der Waals surface area contributed by atoms with Crippen LogP contribution in [0.4, 0.5) is 0 Å². The summed E-state index contributed by atoms with van der Waals surface area (Å²) < 4.78 is 27.3. The van der Waals surface area contributed by atoms with E-state index in [4.69, 9.17) is 0 Å². The topological polar surface area (TPSA) is 86.8 Å². The number of nitrogens with zero attached hydrogens (tertiary/aromatic N) is 2. The lowest BCUT2D eigenvalue weighted by Crippen LogP contribution is -2.43. The number of carbonyl (C=O) groups excluding carboxylic acids is 2. The van der Waals surface area contributed by atoms with Gasteiger partial charge < -0.3 is 10.2 Å². The molecule has 0 aliphatic carbocycles. The van der Waals surface area contributed by atoms with Gasteiger partial charge in [-0.15, -0.1) is 0 Å². The molecule has 218 valence electrons. The third kappa shape index (κ3) is 8.27. The summed E-state index contributed by atoms with van der Waals surface area (Å²) in [6, 6.07) is 25.2. The molecule has 0 saturated carbocycles. The van der Waals surface area contributed by atoms with Gasteiger partial charge in [0.1, 0.15) is 6.04 Å². The fourth-order valence-corrected chi connectivity index (χ4v) is 6.71. The Bertz CT molecular complexity index is 1360. The van der Waals surface area contributed by atoms with Gasteiger partial charge in [0.25, 0.3) is 0 Å². The summed E-state index contributed by atoms with van der Waals surface area (Å²) in [5.41, 5.74) is 2.58. The van der Waals surface area contributed by atoms with E-state index < -0.39 is 16.1 Å². The van der Waals surface area contributed by atoms with E-state index in [9.17, 15) is 18.0 Å². The van der Waals surface area contributed by atoms with Crippen molar-refractivity contribution in [1.29, 1.82) is 0 Å². The van der Waals surface area contributed by atoms with Gasteiger partial charge in [0, 0.05) is 32.6 Å². The second-order valence-corrected chi connectivity index (χ2v) is 12.5. The second-order valence-electron chi connectivity index (χ2n) is 10.6. The zero-order valence-electron chi connectivity index (χ0n) is 23.9. The van der Waals surface area contributed by atoms with Crippen LogP contribution in [0, 0.1) is 0 Å². The summed E-state index contributed by atoms with van der Waals surface area (Å²) in [6.07, 6.45) is 5.38. The minimum absolute atomic E-state index is 0.139. The number of sulfonamides is 1.